The average molecular weight is 262 g/mol. The second-order valence-electron chi connectivity index (χ2n) is 3.51. The predicted octanol–water partition coefficient (Wildman–Crippen LogP) is 1.07. The van der Waals surface area contributed by atoms with Gasteiger partial charge in [-0.2, -0.15) is 0 Å². The number of hydrogen-bond donors (Lipinski definition) is 1. The first-order chi connectivity index (χ1) is 7.27. The van der Waals surface area contributed by atoms with Gasteiger partial charge in [-0.1, -0.05) is 12.1 Å². The van der Waals surface area contributed by atoms with Crippen molar-refractivity contribution in [1.82, 2.24) is 0 Å². The maximum atomic E-state index is 9.42. The molecule has 0 saturated carbocycles. The van der Waals surface area contributed by atoms with Crippen LogP contribution in [0.5, 0.6) is 5.75 Å². The quantitative estimate of drug-likeness (QED) is 0.765. The Kier molecular flexibility index (Phi) is 6.37. The van der Waals surface area contributed by atoms with Crippen LogP contribution in [0.4, 0.5) is 0 Å². The molecule has 0 aliphatic carbocycles. The van der Waals surface area contributed by atoms with Crippen LogP contribution in [0.15, 0.2) is 28.5 Å². The summed E-state index contributed by atoms with van der Waals surface area (Å²) >= 11 is 3.87. The molecular formula is C12H15NaOS2. The summed E-state index contributed by atoms with van der Waals surface area (Å²) in [6, 6.07) is 7.49. The third kappa shape index (κ3) is 3.74. The van der Waals surface area contributed by atoms with Crippen molar-refractivity contribution in [2.75, 3.05) is 11.5 Å². The van der Waals surface area contributed by atoms with Gasteiger partial charge in [0, 0.05) is 4.24 Å². The zero-order valence-corrected chi connectivity index (χ0v) is 13.3. The van der Waals surface area contributed by atoms with Gasteiger partial charge < -0.3 is 6.53 Å². The van der Waals surface area contributed by atoms with E-state index in [1.807, 2.05) is 35.7 Å². The van der Waals surface area contributed by atoms with Gasteiger partial charge in [-0.05, 0) is 48.1 Å². The second-order valence-corrected chi connectivity index (χ2v) is 5.98. The molecule has 16 heavy (non-hydrogen) atoms. The smallest absolute Gasteiger partial charge is 1.00 e. The first-order valence-electron chi connectivity index (χ1n) is 5.03. The molecule has 1 fully saturated rings. The summed E-state index contributed by atoms with van der Waals surface area (Å²) in [5, 5.41) is 9.42. The Morgan fingerprint density at radius 2 is 2.00 bits per heavy atom. The van der Waals surface area contributed by atoms with E-state index in [1.54, 1.807) is 6.07 Å². The Morgan fingerprint density at radius 3 is 2.62 bits per heavy atom. The molecule has 1 saturated heterocycles. The van der Waals surface area contributed by atoms with E-state index in [-0.39, 0.29) is 31.0 Å². The largest absolute Gasteiger partial charge is 1.00 e. The van der Waals surface area contributed by atoms with E-state index in [9.17, 15) is 5.11 Å². The molecule has 0 radical (unpaired) electrons. The van der Waals surface area contributed by atoms with Gasteiger partial charge >= 0.3 is 29.6 Å². The fraction of sp³-hybridized carbons (Fsp3) is 0.333. The number of phenolic OH excluding ortho intramolecular Hbond substituents is 1. The van der Waals surface area contributed by atoms with Crippen LogP contribution in [0.3, 0.4) is 0 Å². The first kappa shape index (κ1) is 14.5. The SMILES string of the molecule is CC(=C1SCCCS1)c1cccc(O)c1.[H-].[Na+]. The maximum Gasteiger partial charge on any atom is 1.00 e. The maximum absolute atomic E-state index is 9.42. The first-order valence-corrected chi connectivity index (χ1v) is 7.00. The van der Waals surface area contributed by atoms with Crippen LogP contribution in [0.25, 0.3) is 5.57 Å². The van der Waals surface area contributed by atoms with E-state index in [2.05, 4.69) is 13.0 Å². The molecular weight excluding hydrogens is 247 g/mol. The van der Waals surface area contributed by atoms with Gasteiger partial charge in [0.1, 0.15) is 5.75 Å². The number of aromatic hydroxyl groups is 1. The number of rotatable bonds is 1. The molecule has 1 aromatic carbocycles. The van der Waals surface area contributed by atoms with Gasteiger partial charge in [0.2, 0.25) is 0 Å². The number of hydrogen-bond acceptors (Lipinski definition) is 3. The normalized spacial score (nSPS) is 15.4. The van der Waals surface area contributed by atoms with Crippen LogP contribution in [-0.2, 0) is 0 Å². The van der Waals surface area contributed by atoms with Crippen molar-refractivity contribution in [1.29, 1.82) is 0 Å². The van der Waals surface area contributed by atoms with Gasteiger partial charge in [0.25, 0.3) is 0 Å². The van der Waals surface area contributed by atoms with E-state index in [1.165, 1.54) is 27.7 Å². The zero-order valence-electron chi connectivity index (χ0n) is 10.7. The fourth-order valence-electron chi connectivity index (χ4n) is 1.50. The van der Waals surface area contributed by atoms with Crippen LogP contribution in [0, 0.1) is 0 Å². The molecule has 4 heteroatoms. The molecule has 0 spiro atoms. The molecule has 1 aromatic rings. The summed E-state index contributed by atoms with van der Waals surface area (Å²) in [6.07, 6.45) is 1.30. The van der Waals surface area contributed by atoms with Crippen molar-refractivity contribution in [2.45, 2.75) is 13.3 Å². The Hall–Kier alpha value is 0.460. The van der Waals surface area contributed by atoms with Gasteiger partial charge in [-0.15, -0.1) is 23.5 Å². The van der Waals surface area contributed by atoms with E-state index in [4.69, 9.17) is 0 Å². The van der Waals surface area contributed by atoms with Crippen LogP contribution < -0.4 is 29.6 Å². The standard InChI is InChI=1S/C12H14OS2.Na.H/c1-9(12-14-6-3-7-15-12)10-4-2-5-11(13)8-10;;/h2,4-5,8,13H,3,6-7H2,1H3;;/q;+1;-1. The molecule has 1 heterocycles. The average Bonchev–Trinajstić information content (AvgIpc) is 2.29. The zero-order chi connectivity index (χ0) is 10.7. The number of benzene rings is 1. The van der Waals surface area contributed by atoms with E-state index in [0.29, 0.717) is 5.75 Å². The minimum absolute atomic E-state index is 0. The Morgan fingerprint density at radius 1 is 1.31 bits per heavy atom. The summed E-state index contributed by atoms with van der Waals surface area (Å²) in [5.41, 5.74) is 2.42. The molecule has 0 unspecified atom stereocenters. The predicted molar refractivity (Wildman–Crippen MR) is 71.3 cm³/mol. The van der Waals surface area contributed by atoms with Gasteiger partial charge in [0.15, 0.2) is 0 Å². The number of thioether (sulfide) groups is 2. The molecule has 0 bridgehead atoms. The molecule has 0 amide bonds. The molecule has 2 rings (SSSR count). The minimum atomic E-state index is 0. The number of phenols is 1. The molecule has 1 nitrogen and oxygen atoms in total. The van der Waals surface area contributed by atoms with E-state index >= 15 is 0 Å². The van der Waals surface area contributed by atoms with Gasteiger partial charge in [-0.3, -0.25) is 0 Å². The van der Waals surface area contributed by atoms with Crippen LogP contribution in [-0.4, -0.2) is 16.6 Å². The second kappa shape index (κ2) is 7.02. The van der Waals surface area contributed by atoms with Crippen LogP contribution in [0.2, 0.25) is 0 Å². The van der Waals surface area contributed by atoms with Crippen molar-refractivity contribution in [3.05, 3.63) is 34.1 Å². The molecule has 0 atom stereocenters. The summed E-state index contributed by atoms with van der Waals surface area (Å²) in [4.78, 5) is 0. The summed E-state index contributed by atoms with van der Waals surface area (Å²) in [7, 11) is 0. The number of allylic oxidation sites excluding steroid dienone is 1. The van der Waals surface area contributed by atoms with Gasteiger partial charge in [0.05, 0.1) is 0 Å². The summed E-state index contributed by atoms with van der Waals surface area (Å²) in [5.74, 6) is 2.79. The van der Waals surface area contributed by atoms with Crippen molar-refractivity contribution < 1.29 is 36.1 Å². The molecule has 1 aliphatic heterocycles. The summed E-state index contributed by atoms with van der Waals surface area (Å²) in [6.45, 7) is 2.13. The van der Waals surface area contributed by atoms with Crippen molar-refractivity contribution in [3.8, 4) is 5.75 Å². The van der Waals surface area contributed by atoms with Gasteiger partial charge in [-0.25, -0.2) is 0 Å². The van der Waals surface area contributed by atoms with Crippen molar-refractivity contribution in [3.63, 3.8) is 0 Å². The Bertz CT molecular complexity index is 388. The van der Waals surface area contributed by atoms with Crippen molar-refractivity contribution >= 4 is 29.1 Å². The van der Waals surface area contributed by atoms with Crippen LogP contribution >= 0.6 is 23.5 Å². The fourth-order valence-corrected chi connectivity index (χ4v) is 4.14. The summed E-state index contributed by atoms with van der Waals surface area (Å²) < 4.78 is 1.41. The molecule has 1 N–H and O–H groups in total. The molecule has 0 aromatic heterocycles. The van der Waals surface area contributed by atoms with E-state index < -0.39 is 0 Å². The Balaban J connectivity index is 0.00000128. The third-order valence-electron chi connectivity index (χ3n) is 2.34. The molecule has 82 valence electrons. The monoisotopic (exact) mass is 262 g/mol. The molecule has 1 aliphatic rings. The minimum Gasteiger partial charge on any atom is -1.00 e. The van der Waals surface area contributed by atoms with Crippen molar-refractivity contribution in [2.24, 2.45) is 0 Å². The van der Waals surface area contributed by atoms with E-state index in [0.717, 1.165) is 5.56 Å². The topological polar surface area (TPSA) is 20.2 Å². The Labute approximate surface area is 129 Å². The third-order valence-corrected chi connectivity index (χ3v) is 5.17. The van der Waals surface area contributed by atoms with Crippen LogP contribution in [0.1, 0.15) is 20.3 Å².